The molecule has 0 spiro atoms. The van der Waals surface area contributed by atoms with Crippen LogP contribution in [0.2, 0.25) is 0 Å². The van der Waals surface area contributed by atoms with Gasteiger partial charge in [-0.25, -0.2) is 0 Å². The molecule has 1 rings (SSSR count). The van der Waals surface area contributed by atoms with Crippen LogP contribution in [-0.2, 0) is 13.1 Å². The summed E-state index contributed by atoms with van der Waals surface area (Å²) in [4.78, 5) is 0. The van der Waals surface area contributed by atoms with E-state index in [-0.39, 0.29) is 0 Å². The summed E-state index contributed by atoms with van der Waals surface area (Å²) >= 11 is 0. The van der Waals surface area contributed by atoms with Crippen molar-refractivity contribution in [2.24, 2.45) is 11.7 Å². The summed E-state index contributed by atoms with van der Waals surface area (Å²) in [6.07, 6.45) is 6.96. The number of hydrogen-bond donors (Lipinski definition) is 1. The normalized spacial score (nSPS) is 13.0. The summed E-state index contributed by atoms with van der Waals surface area (Å²) in [6.45, 7) is 6.11. The molecule has 0 aliphatic carbocycles. The van der Waals surface area contributed by atoms with Gasteiger partial charge in [0, 0.05) is 19.3 Å². The Morgan fingerprint density at radius 2 is 2.27 bits per heavy atom. The summed E-state index contributed by atoms with van der Waals surface area (Å²) in [5, 5.41) is 4.32. The first kappa shape index (κ1) is 12.2. The van der Waals surface area contributed by atoms with Crippen LogP contribution in [0.5, 0.6) is 0 Å². The average molecular weight is 209 g/mol. The smallest absolute Gasteiger partial charge is 0.0519 e. The third-order valence-electron chi connectivity index (χ3n) is 2.99. The summed E-state index contributed by atoms with van der Waals surface area (Å²) in [7, 11) is 0. The molecule has 0 bridgehead atoms. The van der Waals surface area contributed by atoms with Crippen molar-refractivity contribution in [1.82, 2.24) is 9.78 Å². The lowest BCUT2D eigenvalue weighted by atomic mass is 9.99. The fraction of sp³-hybridized carbons (Fsp3) is 0.750. The van der Waals surface area contributed by atoms with Gasteiger partial charge < -0.3 is 5.73 Å². The number of nitrogens with two attached hydrogens (primary N) is 1. The Kier molecular flexibility index (Phi) is 5.40. The van der Waals surface area contributed by atoms with Gasteiger partial charge in [0.1, 0.15) is 0 Å². The second-order valence-corrected chi connectivity index (χ2v) is 4.13. The molecule has 3 nitrogen and oxygen atoms in total. The molecular formula is C12H23N3. The zero-order valence-corrected chi connectivity index (χ0v) is 9.95. The zero-order valence-electron chi connectivity index (χ0n) is 9.95. The van der Waals surface area contributed by atoms with Gasteiger partial charge in [0.2, 0.25) is 0 Å². The van der Waals surface area contributed by atoms with E-state index in [9.17, 15) is 0 Å². The van der Waals surface area contributed by atoms with Gasteiger partial charge in [-0.1, -0.05) is 33.1 Å². The summed E-state index contributed by atoms with van der Waals surface area (Å²) in [5.74, 6) is 0.746. The molecule has 0 amide bonds. The van der Waals surface area contributed by atoms with E-state index < -0.39 is 0 Å². The average Bonchev–Trinajstić information content (AvgIpc) is 2.71. The molecule has 0 fully saturated rings. The largest absolute Gasteiger partial charge is 0.325 e. The first-order chi connectivity index (χ1) is 7.31. The Labute approximate surface area is 92.7 Å². The van der Waals surface area contributed by atoms with Crippen molar-refractivity contribution in [2.45, 2.75) is 52.6 Å². The van der Waals surface area contributed by atoms with E-state index in [1.165, 1.54) is 25.7 Å². The molecule has 2 N–H and O–H groups in total. The van der Waals surface area contributed by atoms with Crippen LogP contribution in [0.4, 0.5) is 0 Å². The number of hydrogen-bond acceptors (Lipinski definition) is 2. The van der Waals surface area contributed by atoms with E-state index in [2.05, 4.69) is 23.6 Å². The Morgan fingerprint density at radius 3 is 2.87 bits per heavy atom. The second-order valence-electron chi connectivity index (χ2n) is 4.13. The topological polar surface area (TPSA) is 43.8 Å². The molecule has 3 heteroatoms. The molecule has 0 radical (unpaired) electrons. The van der Waals surface area contributed by atoms with Gasteiger partial charge in [-0.3, -0.25) is 4.68 Å². The SMILES string of the molecule is CCCCC(CC)Cn1nccc1CN. The predicted molar refractivity (Wildman–Crippen MR) is 63.4 cm³/mol. The van der Waals surface area contributed by atoms with Gasteiger partial charge in [0.05, 0.1) is 5.69 Å². The Morgan fingerprint density at radius 1 is 1.47 bits per heavy atom. The van der Waals surface area contributed by atoms with Crippen molar-refractivity contribution < 1.29 is 0 Å². The van der Waals surface area contributed by atoms with Crippen LogP contribution in [0.15, 0.2) is 12.3 Å². The van der Waals surface area contributed by atoms with E-state index >= 15 is 0 Å². The summed E-state index contributed by atoms with van der Waals surface area (Å²) in [5.41, 5.74) is 6.80. The van der Waals surface area contributed by atoms with Crippen LogP contribution >= 0.6 is 0 Å². The Bertz CT molecular complexity index is 268. The third-order valence-corrected chi connectivity index (χ3v) is 2.99. The van der Waals surface area contributed by atoms with Crippen LogP contribution in [0.1, 0.15) is 45.2 Å². The van der Waals surface area contributed by atoms with Crippen molar-refractivity contribution in [2.75, 3.05) is 0 Å². The Hall–Kier alpha value is -0.830. The molecule has 0 saturated heterocycles. The summed E-state index contributed by atoms with van der Waals surface area (Å²) < 4.78 is 2.06. The minimum Gasteiger partial charge on any atom is -0.325 e. The molecule has 0 aliphatic rings. The zero-order chi connectivity index (χ0) is 11.1. The lowest BCUT2D eigenvalue weighted by Crippen LogP contribution is -2.15. The fourth-order valence-corrected chi connectivity index (χ4v) is 1.86. The standard InChI is InChI=1S/C12H23N3/c1-3-5-6-11(4-2)10-15-12(9-13)7-8-14-15/h7-8,11H,3-6,9-10,13H2,1-2H3. The predicted octanol–water partition coefficient (Wildman–Crippen LogP) is 2.56. The van der Waals surface area contributed by atoms with Crippen LogP contribution in [0.25, 0.3) is 0 Å². The van der Waals surface area contributed by atoms with Crippen molar-refractivity contribution in [3.8, 4) is 0 Å². The van der Waals surface area contributed by atoms with Crippen LogP contribution < -0.4 is 5.73 Å². The van der Waals surface area contributed by atoms with Crippen molar-refractivity contribution >= 4 is 0 Å². The van der Waals surface area contributed by atoms with E-state index in [0.717, 1.165) is 18.2 Å². The molecular weight excluding hydrogens is 186 g/mol. The molecule has 1 atom stereocenters. The summed E-state index contributed by atoms with van der Waals surface area (Å²) in [6, 6.07) is 2.01. The maximum atomic E-state index is 5.65. The molecule has 0 aliphatic heterocycles. The van der Waals surface area contributed by atoms with E-state index in [1.54, 1.807) is 0 Å². The molecule has 1 unspecified atom stereocenters. The maximum absolute atomic E-state index is 5.65. The third kappa shape index (κ3) is 3.67. The van der Waals surface area contributed by atoms with Crippen molar-refractivity contribution in [1.29, 1.82) is 0 Å². The number of aromatic nitrogens is 2. The first-order valence-corrected chi connectivity index (χ1v) is 6.02. The van der Waals surface area contributed by atoms with Gasteiger partial charge in [-0.05, 0) is 18.4 Å². The highest BCUT2D eigenvalue weighted by Crippen LogP contribution is 2.15. The first-order valence-electron chi connectivity index (χ1n) is 6.02. The van der Waals surface area contributed by atoms with Crippen LogP contribution in [0, 0.1) is 5.92 Å². The highest BCUT2D eigenvalue weighted by Gasteiger charge is 2.09. The molecule has 1 heterocycles. The van der Waals surface area contributed by atoms with Gasteiger partial charge in [-0.2, -0.15) is 5.10 Å². The molecule has 0 aromatic carbocycles. The molecule has 15 heavy (non-hydrogen) atoms. The fourth-order valence-electron chi connectivity index (χ4n) is 1.86. The van der Waals surface area contributed by atoms with E-state index in [4.69, 9.17) is 5.73 Å². The number of unbranched alkanes of at least 4 members (excludes halogenated alkanes) is 1. The second kappa shape index (κ2) is 6.62. The lowest BCUT2D eigenvalue weighted by molar-refractivity contribution is 0.366. The molecule has 86 valence electrons. The Balaban J connectivity index is 2.50. The lowest BCUT2D eigenvalue weighted by Gasteiger charge is -2.15. The highest BCUT2D eigenvalue weighted by atomic mass is 15.3. The van der Waals surface area contributed by atoms with E-state index in [1.807, 2.05) is 12.3 Å². The van der Waals surface area contributed by atoms with Crippen molar-refractivity contribution in [3.63, 3.8) is 0 Å². The number of nitrogens with zero attached hydrogens (tertiary/aromatic N) is 2. The quantitative estimate of drug-likeness (QED) is 0.750. The van der Waals surface area contributed by atoms with Crippen LogP contribution in [0.3, 0.4) is 0 Å². The van der Waals surface area contributed by atoms with Gasteiger partial charge in [0.15, 0.2) is 0 Å². The monoisotopic (exact) mass is 209 g/mol. The van der Waals surface area contributed by atoms with Gasteiger partial charge >= 0.3 is 0 Å². The van der Waals surface area contributed by atoms with Gasteiger partial charge in [-0.15, -0.1) is 0 Å². The van der Waals surface area contributed by atoms with Gasteiger partial charge in [0.25, 0.3) is 0 Å². The minimum absolute atomic E-state index is 0.588. The van der Waals surface area contributed by atoms with Crippen molar-refractivity contribution in [3.05, 3.63) is 18.0 Å². The number of rotatable bonds is 7. The molecule has 0 saturated carbocycles. The molecule has 1 aromatic heterocycles. The minimum atomic E-state index is 0.588. The maximum Gasteiger partial charge on any atom is 0.0519 e. The highest BCUT2D eigenvalue weighted by molar-refractivity contribution is 4.99. The van der Waals surface area contributed by atoms with Crippen LogP contribution in [-0.4, -0.2) is 9.78 Å². The molecule has 1 aromatic rings. The van der Waals surface area contributed by atoms with E-state index in [0.29, 0.717) is 6.54 Å².